The van der Waals surface area contributed by atoms with Crippen molar-refractivity contribution in [2.24, 2.45) is 5.73 Å². The van der Waals surface area contributed by atoms with E-state index in [9.17, 15) is 9.59 Å². The zero-order chi connectivity index (χ0) is 13.5. The summed E-state index contributed by atoms with van der Waals surface area (Å²) < 4.78 is 11.0. The molecule has 1 unspecified atom stereocenters. The highest BCUT2D eigenvalue weighted by Crippen LogP contribution is 2.31. The molecule has 1 amide bonds. The Morgan fingerprint density at radius 1 is 1.50 bits per heavy atom. The van der Waals surface area contributed by atoms with E-state index in [0.717, 1.165) is 0 Å². The Bertz CT molecular complexity index is 431. The number of ether oxygens (including phenoxy) is 2. The summed E-state index contributed by atoms with van der Waals surface area (Å²) in [5, 5.41) is 0. The molecule has 0 aliphatic carbocycles. The lowest BCUT2D eigenvalue weighted by atomic mass is 10.2. The monoisotopic (exact) mass is 251 g/mol. The molecule has 1 rings (SSSR count). The molecule has 0 aromatic heterocycles. The van der Waals surface area contributed by atoms with Gasteiger partial charge >= 0.3 is 0 Å². The number of primary amides is 1. The molecule has 5 nitrogen and oxygen atoms in total. The number of benzene rings is 1. The smallest absolute Gasteiger partial charge is 0.221 e. The van der Waals surface area contributed by atoms with Crippen molar-refractivity contribution in [2.45, 2.75) is 26.4 Å². The minimum Gasteiger partial charge on any atom is -0.490 e. The van der Waals surface area contributed by atoms with Crippen LogP contribution in [0.1, 0.15) is 30.6 Å². The van der Waals surface area contributed by atoms with Gasteiger partial charge < -0.3 is 15.2 Å². The fourth-order valence-corrected chi connectivity index (χ4v) is 1.55. The highest BCUT2D eigenvalue weighted by atomic mass is 16.5. The minimum atomic E-state index is -0.455. The first-order valence-corrected chi connectivity index (χ1v) is 5.74. The van der Waals surface area contributed by atoms with Gasteiger partial charge in [-0.2, -0.15) is 0 Å². The Morgan fingerprint density at radius 2 is 2.22 bits per heavy atom. The first-order chi connectivity index (χ1) is 8.58. The predicted molar refractivity (Wildman–Crippen MR) is 66.9 cm³/mol. The third kappa shape index (κ3) is 3.76. The number of carbonyl (C=O) groups is 2. The number of para-hydroxylation sites is 1. The third-order valence-electron chi connectivity index (χ3n) is 2.24. The minimum absolute atomic E-state index is 0.0821. The van der Waals surface area contributed by atoms with E-state index in [-0.39, 0.29) is 6.42 Å². The molecule has 2 N–H and O–H groups in total. The quantitative estimate of drug-likeness (QED) is 0.745. The molecule has 0 bridgehead atoms. The van der Waals surface area contributed by atoms with Crippen LogP contribution in [0.25, 0.3) is 0 Å². The summed E-state index contributed by atoms with van der Waals surface area (Å²) in [6.07, 6.45) is 0.357. The van der Waals surface area contributed by atoms with E-state index < -0.39 is 12.0 Å². The Kier molecular flexibility index (Phi) is 5.17. The van der Waals surface area contributed by atoms with E-state index in [0.29, 0.717) is 30.0 Å². The van der Waals surface area contributed by atoms with Gasteiger partial charge in [0.1, 0.15) is 6.10 Å². The van der Waals surface area contributed by atoms with Crippen LogP contribution in [0.2, 0.25) is 0 Å². The largest absolute Gasteiger partial charge is 0.490 e. The van der Waals surface area contributed by atoms with Crippen molar-refractivity contribution in [1.82, 2.24) is 0 Å². The van der Waals surface area contributed by atoms with Crippen molar-refractivity contribution in [2.75, 3.05) is 6.61 Å². The lowest BCUT2D eigenvalue weighted by Crippen LogP contribution is -2.22. The summed E-state index contributed by atoms with van der Waals surface area (Å²) in [6.45, 7) is 4.01. The molecule has 1 aromatic carbocycles. The Morgan fingerprint density at radius 3 is 2.78 bits per heavy atom. The van der Waals surface area contributed by atoms with Crippen LogP contribution >= 0.6 is 0 Å². The van der Waals surface area contributed by atoms with Crippen molar-refractivity contribution in [3.05, 3.63) is 23.8 Å². The predicted octanol–water partition coefficient (Wildman–Crippen LogP) is 1.54. The Hall–Kier alpha value is -2.04. The third-order valence-corrected chi connectivity index (χ3v) is 2.24. The topological polar surface area (TPSA) is 78.6 Å². The fourth-order valence-electron chi connectivity index (χ4n) is 1.55. The van der Waals surface area contributed by atoms with E-state index in [1.807, 2.05) is 6.92 Å². The van der Waals surface area contributed by atoms with Gasteiger partial charge in [-0.25, -0.2) is 0 Å². The van der Waals surface area contributed by atoms with Gasteiger partial charge in [-0.05, 0) is 26.0 Å². The molecule has 0 aliphatic heterocycles. The molecule has 0 aliphatic rings. The molecule has 1 aromatic rings. The molecule has 5 heteroatoms. The Balaban J connectivity index is 2.96. The average Bonchev–Trinajstić information content (AvgIpc) is 2.30. The normalized spacial score (nSPS) is 11.7. The van der Waals surface area contributed by atoms with E-state index >= 15 is 0 Å². The van der Waals surface area contributed by atoms with Gasteiger partial charge in [-0.3, -0.25) is 9.59 Å². The van der Waals surface area contributed by atoms with Crippen molar-refractivity contribution in [3.8, 4) is 11.5 Å². The lowest BCUT2D eigenvalue weighted by Gasteiger charge is -2.17. The van der Waals surface area contributed by atoms with E-state index in [2.05, 4.69) is 0 Å². The molecule has 0 fully saturated rings. The highest BCUT2D eigenvalue weighted by molar-refractivity contribution is 5.81. The van der Waals surface area contributed by atoms with E-state index in [1.54, 1.807) is 25.1 Å². The van der Waals surface area contributed by atoms with Crippen molar-refractivity contribution >= 4 is 12.2 Å². The number of carbonyl (C=O) groups excluding carboxylic acids is 2. The first kappa shape index (κ1) is 14.0. The maximum absolute atomic E-state index is 11.0. The number of rotatable bonds is 7. The maximum Gasteiger partial charge on any atom is 0.221 e. The summed E-state index contributed by atoms with van der Waals surface area (Å²) >= 11 is 0. The molecule has 0 spiro atoms. The summed E-state index contributed by atoms with van der Waals surface area (Å²) in [7, 11) is 0. The standard InChI is InChI=1S/C13H17NO4/c1-3-17-11-6-4-5-10(8-15)13(11)18-9(2)7-12(14)16/h4-6,8-9H,3,7H2,1-2H3,(H2,14,16). The van der Waals surface area contributed by atoms with Crippen LogP contribution in [0.3, 0.4) is 0 Å². The number of amides is 1. The van der Waals surface area contributed by atoms with Crippen LogP contribution in [-0.4, -0.2) is 24.9 Å². The molecule has 98 valence electrons. The van der Waals surface area contributed by atoms with Gasteiger partial charge in [0, 0.05) is 0 Å². The summed E-state index contributed by atoms with van der Waals surface area (Å²) in [6, 6.07) is 5.05. The van der Waals surface area contributed by atoms with Gasteiger partial charge in [0.2, 0.25) is 5.91 Å². The SMILES string of the molecule is CCOc1cccc(C=O)c1OC(C)CC(N)=O. The summed E-state index contributed by atoms with van der Waals surface area (Å²) in [5.41, 5.74) is 5.48. The van der Waals surface area contributed by atoms with Crippen LogP contribution in [0.4, 0.5) is 0 Å². The van der Waals surface area contributed by atoms with Gasteiger partial charge in [-0.1, -0.05) is 6.07 Å². The zero-order valence-corrected chi connectivity index (χ0v) is 10.5. The fraction of sp³-hybridized carbons (Fsp3) is 0.385. The summed E-state index contributed by atoms with van der Waals surface area (Å²) in [5.74, 6) is 0.380. The van der Waals surface area contributed by atoms with Crippen LogP contribution < -0.4 is 15.2 Å². The average molecular weight is 251 g/mol. The molecular weight excluding hydrogens is 234 g/mol. The van der Waals surface area contributed by atoms with Crippen molar-refractivity contribution < 1.29 is 19.1 Å². The summed E-state index contributed by atoms with van der Waals surface area (Å²) in [4.78, 5) is 21.8. The van der Waals surface area contributed by atoms with Crippen molar-refractivity contribution in [1.29, 1.82) is 0 Å². The first-order valence-electron chi connectivity index (χ1n) is 5.74. The molecule has 18 heavy (non-hydrogen) atoms. The molecule has 0 heterocycles. The van der Waals surface area contributed by atoms with Gasteiger partial charge in [-0.15, -0.1) is 0 Å². The maximum atomic E-state index is 11.0. The van der Waals surface area contributed by atoms with Crippen LogP contribution in [0.5, 0.6) is 11.5 Å². The van der Waals surface area contributed by atoms with E-state index in [4.69, 9.17) is 15.2 Å². The van der Waals surface area contributed by atoms with Crippen molar-refractivity contribution in [3.63, 3.8) is 0 Å². The second-order valence-corrected chi connectivity index (χ2v) is 3.82. The Labute approximate surface area is 106 Å². The van der Waals surface area contributed by atoms with Gasteiger partial charge in [0.05, 0.1) is 18.6 Å². The molecular formula is C13H17NO4. The van der Waals surface area contributed by atoms with Gasteiger partial charge in [0.15, 0.2) is 17.8 Å². The second kappa shape index (κ2) is 6.64. The second-order valence-electron chi connectivity index (χ2n) is 3.82. The lowest BCUT2D eigenvalue weighted by molar-refractivity contribution is -0.119. The zero-order valence-electron chi connectivity index (χ0n) is 10.5. The highest BCUT2D eigenvalue weighted by Gasteiger charge is 2.15. The number of aldehydes is 1. The number of nitrogens with two attached hydrogens (primary N) is 1. The van der Waals surface area contributed by atoms with Crippen LogP contribution in [0, 0.1) is 0 Å². The number of hydrogen-bond acceptors (Lipinski definition) is 4. The molecule has 1 atom stereocenters. The number of hydrogen-bond donors (Lipinski definition) is 1. The molecule has 0 radical (unpaired) electrons. The molecule has 0 saturated carbocycles. The van der Waals surface area contributed by atoms with Gasteiger partial charge in [0.25, 0.3) is 0 Å². The van der Waals surface area contributed by atoms with Crippen LogP contribution in [0.15, 0.2) is 18.2 Å². The van der Waals surface area contributed by atoms with Crippen LogP contribution in [-0.2, 0) is 4.79 Å². The molecule has 0 saturated heterocycles. The van der Waals surface area contributed by atoms with E-state index in [1.165, 1.54) is 0 Å².